The molecule has 3 heteroatoms. The van der Waals surface area contributed by atoms with Gasteiger partial charge in [-0.1, -0.05) is 74.5 Å². The monoisotopic (exact) mass is 416 g/mol. The van der Waals surface area contributed by atoms with Gasteiger partial charge in [-0.25, -0.2) is 4.79 Å². The number of rotatable bonds is 9. The van der Waals surface area contributed by atoms with E-state index in [9.17, 15) is 9.90 Å². The first kappa shape index (κ1) is 21.4. The van der Waals surface area contributed by atoms with E-state index in [1.165, 1.54) is 5.56 Å². The fourth-order valence-electron chi connectivity index (χ4n) is 4.91. The molecule has 0 radical (unpaired) electrons. The van der Waals surface area contributed by atoms with Crippen molar-refractivity contribution in [1.82, 2.24) is 0 Å². The Balaban J connectivity index is 1.70. The van der Waals surface area contributed by atoms with Crippen LogP contribution in [0.5, 0.6) is 5.75 Å². The quantitative estimate of drug-likeness (QED) is 0.429. The lowest BCUT2D eigenvalue weighted by atomic mass is 9.74. The Morgan fingerprint density at radius 2 is 1.61 bits per heavy atom. The van der Waals surface area contributed by atoms with Crippen molar-refractivity contribution in [1.29, 1.82) is 0 Å². The Kier molecular flexibility index (Phi) is 6.31. The van der Waals surface area contributed by atoms with E-state index in [4.69, 9.17) is 4.42 Å². The first-order valence-corrected chi connectivity index (χ1v) is 11.5. The molecule has 3 nitrogen and oxygen atoms in total. The number of benzene rings is 2. The minimum Gasteiger partial charge on any atom is -0.507 e. The van der Waals surface area contributed by atoms with Crippen molar-refractivity contribution in [2.45, 2.75) is 63.7 Å². The molecule has 0 amide bonds. The largest absolute Gasteiger partial charge is 0.507 e. The normalized spacial score (nSPS) is 15.0. The average Bonchev–Trinajstić information content (AvgIpc) is 3.64. The van der Waals surface area contributed by atoms with Crippen LogP contribution >= 0.6 is 0 Å². The second kappa shape index (κ2) is 9.13. The van der Waals surface area contributed by atoms with Crippen LogP contribution in [0.25, 0.3) is 0 Å². The highest BCUT2D eigenvalue weighted by Gasteiger charge is 2.39. The molecular formula is C28H32O3. The Hall–Kier alpha value is -2.81. The van der Waals surface area contributed by atoms with Gasteiger partial charge in [0.2, 0.25) is 0 Å². The molecule has 162 valence electrons. The van der Waals surface area contributed by atoms with Gasteiger partial charge in [0.05, 0.1) is 5.56 Å². The minimum absolute atomic E-state index is 0.0815. The summed E-state index contributed by atoms with van der Waals surface area (Å²) in [4.78, 5) is 13.2. The molecule has 0 saturated heterocycles. The lowest BCUT2D eigenvalue weighted by Gasteiger charge is -2.31. The first-order valence-electron chi connectivity index (χ1n) is 11.5. The maximum absolute atomic E-state index is 13.2. The van der Waals surface area contributed by atoms with Crippen molar-refractivity contribution in [2.24, 2.45) is 5.92 Å². The topological polar surface area (TPSA) is 50.4 Å². The zero-order valence-corrected chi connectivity index (χ0v) is 18.5. The van der Waals surface area contributed by atoms with Crippen LogP contribution in [-0.2, 0) is 11.8 Å². The molecule has 3 aromatic rings. The van der Waals surface area contributed by atoms with Gasteiger partial charge < -0.3 is 9.52 Å². The maximum atomic E-state index is 13.2. The summed E-state index contributed by atoms with van der Waals surface area (Å²) in [6, 6.07) is 22.1. The molecule has 1 saturated carbocycles. The molecule has 1 aromatic heterocycles. The smallest absolute Gasteiger partial charge is 0.343 e. The molecule has 1 aliphatic rings. The third-order valence-electron chi connectivity index (χ3n) is 7.14. The van der Waals surface area contributed by atoms with E-state index in [-0.39, 0.29) is 22.7 Å². The van der Waals surface area contributed by atoms with E-state index in [1.807, 2.05) is 36.4 Å². The van der Waals surface area contributed by atoms with Gasteiger partial charge in [0, 0.05) is 17.4 Å². The Morgan fingerprint density at radius 3 is 2.16 bits per heavy atom. The molecule has 1 N–H and O–H groups in total. The molecule has 2 aromatic carbocycles. The highest BCUT2D eigenvalue weighted by Crippen LogP contribution is 2.48. The summed E-state index contributed by atoms with van der Waals surface area (Å²) in [5.41, 5.74) is 2.10. The van der Waals surface area contributed by atoms with Crippen LogP contribution in [0.2, 0.25) is 0 Å². The first-order chi connectivity index (χ1) is 15.1. The lowest BCUT2D eigenvalue weighted by molar-refractivity contribution is 0.271. The molecule has 1 unspecified atom stereocenters. The molecule has 31 heavy (non-hydrogen) atoms. The van der Waals surface area contributed by atoms with E-state index >= 15 is 0 Å². The Bertz CT molecular complexity index is 1040. The van der Waals surface area contributed by atoms with Crippen LogP contribution in [0.15, 0.2) is 75.9 Å². The number of hydrogen-bond acceptors (Lipinski definition) is 3. The summed E-state index contributed by atoms with van der Waals surface area (Å²) in [7, 11) is 0. The van der Waals surface area contributed by atoms with Crippen LogP contribution in [-0.4, -0.2) is 5.11 Å². The fourth-order valence-corrected chi connectivity index (χ4v) is 4.91. The molecule has 0 bridgehead atoms. The Labute approximate surface area is 184 Å². The van der Waals surface area contributed by atoms with Crippen molar-refractivity contribution in [2.75, 3.05) is 0 Å². The molecule has 0 aliphatic heterocycles. The van der Waals surface area contributed by atoms with E-state index < -0.39 is 0 Å². The average molecular weight is 417 g/mol. The molecule has 0 spiro atoms. The fraction of sp³-hybridized carbons (Fsp3) is 0.393. The van der Waals surface area contributed by atoms with Gasteiger partial charge in [-0.15, -0.1) is 0 Å². The number of aromatic hydroxyl groups is 1. The standard InChI is InChI=1S/C28H32O3/c1-3-28(4-2,18-17-20-11-7-5-8-12-20)24-19-23(29)26(27(30)31-24)25(22-15-16-22)21-13-9-6-10-14-21/h5-14,19,22,25,29H,3-4,15-18H2,1-2H3. The summed E-state index contributed by atoms with van der Waals surface area (Å²) < 4.78 is 5.99. The third-order valence-corrected chi connectivity index (χ3v) is 7.14. The predicted octanol–water partition coefficient (Wildman–Crippen LogP) is 6.58. The Morgan fingerprint density at radius 1 is 1.00 bits per heavy atom. The summed E-state index contributed by atoms with van der Waals surface area (Å²) in [5, 5.41) is 11.1. The van der Waals surface area contributed by atoms with Crippen LogP contribution in [0.3, 0.4) is 0 Å². The van der Waals surface area contributed by atoms with Gasteiger partial charge in [0.1, 0.15) is 11.5 Å². The number of aryl methyl sites for hydroxylation is 1. The molecule has 1 aliphatic carbocycles. The van der Waals surface area contributed by atoms with Gasteiger partial charge in [-0.2, -0.15) is 0 Å². The summed E-state index contributed by atoms with van der Waals surface area (Å²) in [6.45, 7) is 4.27. The summed E-state index contributed by atoms with van der Waals surface area (Å²) in [6.07, 6.45) is 5.63. The van der Waals surface area contributed by atoms with Crippen LogP contribution in [0.1, 0.15) is 74.3 Å². The highest BCUT2D eigenvalue weighted by molar-refractivity contribution is 5.42. The summed E-state index contributed by atoms with van der Waals surface area (Å²) in [5.74, 6) is 0.982. The van der Waals surface area contributed by atoms with Crippen LogP contribution < -0.4 is 5.63 Å². The van der Waals surface area contributed by atoms with Gasteiger partial charge in [-0.05, 0) is 55.6 Å². The second-order valence-electron chi connectivity index (χ2n) is 8.90. The molecule has 1 heterocycles. The van der Waals surface area contributed by atoms with Crippen LogP contribution in [0, 0.1) is 5.92 Å². The van der Waals surface area contributed by atoms with Gasteiger partial charge in [-0.3, -0.25) is 0 Å². The van der Waals surface area contributed by atoms with Crippen molar-refractivity contribution >= 4 is 0 Å². The van der Waals surface area contributed by atoms with E-state index in [0.29, 0.717) is 17.2 Å². The third kappa shape index (κ3) is 4.46. The van der Waals surface area contributed by atoms with Gasteiger partial charge in [0.15, 0.2) is 0 Å². The zero-order chi connectivity index (χ0) is 21.8. The SMILES string of the molecule is CCC(CC)(CCc1ccccc1)c1cc(O)c(C(c2ccccc2)C2CC2)c(=O)o1. The summed E-state index contributed by atoms with van der Waals surface area (Å²) >= 11 is 0. The molecule has 4 rings (SSSR count). The number of hydrogen-bond donors (Lipinski definition) is 1. The molecule has 1 atom stereocenters. The van der Waals surface area contributed by atoms with Gasteiger partial charge >= 0.3 is 5.63 Å². The highest BCUT2D eigenvalue weighted by atomic mass is 16.4. The van der Waals surface area contributed by atoms with Crippen LogP contribution in [0.4, 0.5) is 0 Å². The van der Waals surface area contributed by atoms with Crippen molar-refractivity contribution in [3.8, 4) is 5.75 Å². The second-order valence-corrected chi connectivity index (χ2v) is 8.90. The van der Waals surface area contributed by atoms with Gasteiger partial charge in [0.25, 0.3) is 0 Å². The lowest BCUT2D eigenvalue weighted by Crippen LogP contribution is -2.28. The predicted molar refractivity (Wildman–Crippen MR) is 125 cm³/mol. The van der Waals surface area contributed by atoms with E-state index in [1.54, 1.807) is 6.07 Å². The molecular weight excluding hydrogens is 384 g/mol. The van der Waals surface area contributed by atoms with Crippen molar-refractivity contribution in [3.63, 3.8) is 0 Å². The van der Waals surface area contributed by atoms with Crippen molar-refractivity contribution < 1.29 is 9.52 Å². The van der Waals surface area contributed by atoms with Crippen molar-refractivity contribution in [3.05, 3.63) is 99.6 Å². The van der Waals surface area contributed by atoms with E-state index in [0.717, 1.165) is 44.1 Å². The zero-order valence-electron chi connectivity index (χ0n) is 18.5. The van der Waals surface area contributed by atoms with E-state index in [2.05, 4.69) is 38.1 Å². The molecule has 1 fully saturated rings. The maximum Gasteiger partial charge on any atom is 0.343 e. The minimum atomic E-state index is -0.387.